The van der Waals surface area contributed by atoms with Crippen LogP contribution in [0.1, 0.15) is 5.56 Å². The lowest BCUT2D eigenvalue weighted by molar-refractivity contribution is -0.384. The lowest BCUT2D eigenvalue weighted by atomic mass is 10.2. The molecule has 3 N–H and O–H groups in total. The van der Waals surface area contributed by atoms with Crippen LogP contribution >= 0.6 is 15.9 Å². The Bertz CT molecular complexity index is 701. The number of ether oxygens (including phenoxy) is 1. The predicted octanol–water partition coefficient (Wildman–Crippen LogP) is 3.24. The molecule has 0 radical (unpaired) electrons. The Morgan fingerprint density at radius 2 is 1.95 bits per heavy atom. The molecule has 0 spiro atoms. The van der Waals surface area contributed by atoms with E-state index < -0.39 is 4.92 Å². The van der Waals surface area contributed by atoms with Gasteiger partial charge in [-0.25, -0.2) is 0 Å². The third-order valence-corrected chi connectivity index (χ3v) is 3.23. The molecule has 7 nitrogen and oxygen atoms in total. The van der Waals surface area contributed by atoms with E-state index in [1.807, 2.05) is 0 Å². The number of hydrogen-bond acceptors (Lipinski definition) is 5. The number of nitrogens with two attached hydrogens (primary N) is 1. The van der Waals surface area contributed by atoms with Gasteiger partial charge in [0.15, 0.2) is 5.84 Å². The summed E-state index contributed by atoms with van der Waals surface area (Å²) in [5, 5.41) is 22.1. The topological polar surface area (TPSA) is 111 Å². The molecule has 0 aromatic heterocycles. The molecule has 108 valence electrons. The van der Waals surface area contributed by atoms with E-state index in [2.05, 4.69) is 21.1 Å². The number of hydrogen-bond donors (Lipinski definition) is 2. The van der Waals surface area contributed by atoms with Gasteiger partial charge in [-0.2, -0.15) is 0 Å². The molecule has 0 saturated heterocycles. The Morgan fingerprint density at radius 3 is 2.48 bits per heavy atom. The average Bonchev–Trinajstić information content (AvgIpc) is 2.49. The summed E-state index contributed by atoms with van der Waals surface area (Å²) in [6.45, 7) is 0. The van der Waals surface area contributed by atoms with Crippen molar-refractivity contribution >= 4 is 27.5 Å². The molecule has 0 aliphatic carbocycles. The maximum Gasteiger partial charge on any atom is 0.269 e. The number of halogens is 1. The summed E-state index contributed by atoms with van der Waals surface area (Å²) in [7, 11) is 0. The number of nitro benzene ring substituents is 1. The van der Waals surface area contributed by atoms with Gasteiger partial charge in [0.25, 0.3) is 5.69 Å². The molecule has 21 heavy (non-hydrogen) atoms. The Balaban J connectivity index is 2.21. The van der Waals surface area contributed by atoms with Crippen molar-refractivity contribution < 1.29 is 14.9 Å². The Hall–Kier alpha value is -2.61. The van der Waals surface area contributed by atoms with Gasteiger partial charge < -0.3 is 15.7 Å². The lowest BCUT2D eigenvalue weighted by Gasteiger charge is -2.09. The second-order valence-corrected chi connectivity index (χ2v) is 4.84. The van der Waals surface area contributed by atoms with E-state index in [-0.39, 0.29) is 11.5 Å². The van der Waals surface area contributed by atoms with Crippen LogP contribution in [0, 0.1) is 10.1 Å². The van der Waals surface area contributed by atoms with Crippen molar-refractivity contribution in [2.24, 2.45) is 10.9 Å². The maximum absolute atomic E-state index is 10.6. The SMILES string of the molecule is N/C(=N/O)c1ccc(Oc2ccc([N+](=O)[O-])cc2)c(Br)c1. The van der Waals surface area contributed by atoms with Crippen LogP contribution in [0.4, 0.5) is 5.69 Å². The summed E-state index contributed by atoms with van der Waals surface area (Å²) in [5.41, 5.74) is 6.00. The number of non-ortho nitro benzene ring substituents is 1. The summed E-state index contributed by atoms with van der Waals surface area (Å²) in [6.07, 6.45) is 0. The number of oxime groups is 1. The lowest BCUT2D eigenvalue weighted by Crippen LogP contribution is -2.12. The van der Waals surface area contributed by atoms with Crippen molar-refractivity contribution in [3.63, 3.8) is 0 Å². The zero-order valence-electron chi connectivity index (χ0n) is 10.6. The third-order valence-electron chi connectivity index (χ3n) is 2.61. The first-order valence-corrected chi connectivity index (χ1v) is 6.50. The van der Waals surface area contributed by atoms with Crippen molar-refractivity contribution in [3.8, 4) is 11.5 Å². The highest BCUT2D eigenvalue weighted by Crippen LogP contribution is 2.31. The molecule has 0 aliphatic rings. The highest BCUT2D eigenvalue weighted by molar-refractivity contribution is 9.10. The molecule has 0 bridgehead atoms. The van der Waals surface area contributed by atoms with Crippen LogP contribution in [-0.2, 0) is 0 Å². The number of nitro groups is 1. The molecular weight excluding hydrogens is 342 g/mol. The van der Waals surface area contributed by atoms with Gasteiger partial charge in [0.2, 0.25) is 0 Å². The monoisotopic (exact) mass is 351 g/mol. The van der Waals surface area contributed by atoms with E-state index in [1.165, 1.54) is 24.3 Å². The quantitative estimate of drug-likeness (QED) is 0.288. The summed E-state index contributed by atoms with van der Waals surface area (Å²) in [4.78, 5) is 10.1. The highest BCUT2D eigenvalue weighted by atomic mass is 79.9. The van der Waals surface area contributed by atoms with Gasteiger partial charge in [-0.15, -0.1) is 0 Å². The van der Waals surface area contributed by atoms with Crippen LogP contribution < -0.4 is 10.5 Å². The zero-order valence-corrected chi connectivity index (χ0v) is 12.1. The minimum Gasteiger partial charge on any atom is -0.456 e. The standard InChI is InChI=1S/C13H10BrN3O4/c14-11-7-8(13(15)16-18)1-6-12(11)21-10-4-2-9(3-5-10)17(19)20/h1-7,18H,(H2,15,16). The molecule has 8 heteroatoms. The van der Waals surface area contributed by atoms with Gasteiger partial charge in [0.1, 0.15) is 11.5 Å². The summed E-state index contributed by atoms with van der Waals surface area (Å²) in [5.74, 6) is 0.939. The molecule has 0 saturated carbocycles. The van der Waals surface area contributed by atoms with Crippen molar-refractivity contribution in [1.82, 2.24) is 0 Å². The smallest absolute Gasteiger partial charge is 0.269 e. The van der Waals surface area contributed by atoms with Crippen molar-refractivity contribution in [2.75, 3.05) is 0 Å². The molecule has 0 amide bonds. The molecule has 2 aromatic carbocycles. The highest BCUT2D eigenvalue weighted by Gasteiger charge is 2.08. The summed E-state index contributed by atoms with van der Waals surface area (Å²) >= 11 is 3.31. The van der Waals surface area contributed by atoms with E-state index in [9.17, 15) is 10.1 Å². The first kappa shape index (κ1) is 14.8. The van der Waals surface area contributed by atoms with Crippen LogP contribution in [-0.4, -0.2) is 16.0 Å². The molecule has 0 fully saturated rings. The average molecular weight is 352 g/mol. The normalized spacial score (nSPS) is 11.2. The Kier molecular flexibility index (Phi) is 4.39. The van der Waals surface area contributed by atoms with Gasteiger partial charge in [-0.1, -0.05) is 5.16 Å². The van der Waals surface area contributed by atoms with Gasteiger partial charge in [-0.05, 0) is 46.3 Å². The molecule has 0 unspecified atom stereocenters. The largest absolute Gasteiger partial charge is 0.456 e. The van der Waals surface area contributed by atoms with Gasteiger partial charge >= 0.3 is 0 Å². The van der Waals surface area contributed by atoms with E-state index in [0.717, 1.165) is 0 Å². The van der Waals surface area contributed by atoms with Crippen LogP contribution in [0.3, 0.4) is 0 Å². The Labute approximate surface area is 127 Å². The summed E-state index contributed by atoms with van der Waals surface area (Å²) < 4.78 is 6.20. The van der Waals surface area contributed by atoms with Crippen molar-refractivity contribution in [2.45, 2.75) is 0 Å². The number of nitrogens with zero attached hydrogens (tertiary/aromatic N) is 2. The van der Waals surface area contributed by atoms with Gasteiger partial charge in [0.05, 0.1) is 9.40 Å². The van der Waals surface area contributed by atoms with Crippen LogP contribution in [0.2, 0.25) is 0 Å². The van der Waals surface area contributed by atoms with E-state index in [0.29, 0.717) is 21.5 Å². The summed E-state index contributed by atoms with van der Waals surface area (Å²) in [6, 6.07) is 10.6. The second kappa shape index (κ2) is 6.23. The first-order chi connectivity index (χ1) is 10.0. The minimum atomic E-state index is -0.481. The van der Waals surface area contributed by atoms with Gasteiger partial charge in [0, 0.05) is 17.7 Å². The van der Waals surface area contributed by atoms with Crippen LogP contribution in [0.25, 0.3) is 0 Å². The first-order valence-electron chi connectivity index (χ1n) is 5.71. The predicted molar refractivity (Wildman–Crippen MR) is 79.8 cm³/mol. The number of rotatable bonds is 4. The molecule has 0 aliphatic heterocycles. The molecule has 0 atom stereocenters. The van der Waals surface area contributed by atoms with Crippen molar-refractivity contribution in [3.05, 3.63) is 62.6 Å². The van der Waals surface area contributed by atoms with Gasteiger partial charge in [-0.3, -0.25) is 10.1 Å². The molecule has 2 aromatic rings. The molecular formula is C13H10BrN3O4. The maximum atomic E-state index is 10.6. The Morgan fingerprint density at radius 1 is 1.29 bits per heavy atom. The van der Waals surface area contributed by atoms with Crippen molar-refractivity contribution in [1.29, 1.82) is 0 Å². The fourth-order valence-corrected chi connectivity index (χ4v) is 2.02. The van der Waals surface area contributed by atoms with Crippen LogP contribution in [0.15, 0.2) is 52.1 Å². The molecule has 0 heterocycles. The number of benzene rings is 2. The molecule has 2 rings (SSSR count). The van der Waals surface area contributed by atoms with E-state index in [1.54, 1.807) is 18.2 Å². The van der Waals surface area contributed by atoms with Crippen LogP contribution in [0.5, 0.6) is 11.5 Å². The number of amidine groups is 1. The van der Waals surface area contributed by atoms with E-state index in [4.69, 9.17) is 15.7 Å². The third kappa shape index (κ3) is 3.48. The zero-order chi connectivity index (χ0) is 15.4. The fraction of sp³-hybridized carbons (Fsp3) is 0. The fourth-order valence-electron chi connectivity index (χ4n) is 1.56. The minimum absolute atomic E-state index is 0.0105. The second-order valence-electron chi connectivity index (χ2n) is 3.98. The van der Waals surface area contributed by atoms with E-state index >= 15 is 0 Å².